The molecular weight excluding hydrogens is 298 g/mol. The zero-order chi connectivity index (χ0) is 16.1. The van der Waals surface area contributed by atoms with Gasteiger partial charge >= 0.3 is 0 Å². The Hall–Kier alpha value is -1.73. The highest BCUT2D eigenvalue weighted by Crippen LogP contribution is 2.34. The lowest BCUT2D eigenvalue weighted by molar-refractivity contribution is -0.119. The molecule has 0 aromatic heterocycles. The van der Waals surface area contributed by atoms with E-state index in [1.165, 1.54) is 12.8 Å². The molecule has 0 heterocycles. The van der Waals surface area contributed by atoms with Gasteiger partial charge in [-0.2, -0.15) is 5.26 Å². The smallest absolute Gasteiger partial charge is 0.240 e. The summed E-state index contributed by atoms with van der Waals surface area (Å²) >= 11 is 6.15. The predicted octanol–water partition coefficient (Wildman–Crippen LogP) is 3.47. The Balaban J connectivity index is 2.29. The third kappa shape index (κ3) is 4.14. The van der Waals surface area contributed by atoms with Gasteiger partial charge in [-0.1, -0.05) is 31.4 Å². The molecule has 2 N–H and O–H groups in total. The van der Waals surface area contributed by atoms with Gasteiger partial charge < -0.3 is 10.6 Å². The van der Waals surface area contributed by atoms with Crippen LogP contribution < -0.4 is 10.6 Å². The van der Waals surface area contributed by atoms with Crippen molar-refractivity contribution in [1.29, 1.82) is 5.26 Å². The lowest BCUT2D eigenvalue weighted by atomic mass is 10.1. The SMILES string of the molecule is CCCCC(C(N)=O)N(CC1CC1)c1ccc(C#N)c(Cl)c1. The van der Waals surface area contributed by atoms with Crippen molar-refractivity contribution in [3.8, 4) is 6.07 Å². The first-order valence-electron chi connectivity index (χ1n) is 7.82. The Kier molecular flexibility index (Phi) is 5.68. The molecule has 1 atom stereocenters. The molecule has 1 aliphatic carbocycles. The molecule has 1 aromatic rings. The number of benzene rings is 1. The molecule has 5 heteroatoms. The minimum atomic E-state index is -0.315. The number of nitrogens with zero attached hydrogens (tertiary/aromatic N) is 2. The Morgan fingerprint density at radius 2 is 2.27 bits per heavy atom. The molecule has 118 valence electrons. The number of carbonyl (C=O) groups excluding carboxylic acids is 1. The summed E-state index contributed by atoms with van der Waals surface area (Å²) in [5, 5.41) is 9.41. The van der Waals surface area contributed by atoms with E-state index in [0.29, 0.717) is 16.5 Å². The van der Waals surface area contributed by atoms with Crippen LogP contribution in [0.3, 0.4) is 0 Å². The van der Waals surface area contributed by atoms with Crippen LogP contribution in [0, 0.1) is 17.2 Å². The van der Waals surface area contributed by atoms with Crippen molar-refractivity contribution in [3.05, 3.63) is 28.8 Å². The molecule has 1 aromatic carbocycles. The quantitative estimate of drug-likeness (QED) is 0.797. The minimum Gasteiger partial charge on any atom is -0.368 e. The van der Waals surface area contributed by atoms with E-state index in [1.807, 2.05) is 6.07 Å². The maximum Gasteiger partial charge on any atom is 0.240 e. The molecule has 0 radical (unpaired) electrons. The van der Waals surface area contributed by atoms with Crippen LogP contribution >= 0.6 is 11.6 Å². The average Bonchev–Trinajstić information content (AvgIpc) is 3.30. The number of nitrogens with two attached hydrogens (primary N) is 1. The molecule has 1 amide bonds. The van der Waals surface area contributed by atoms with E-state index in [2.05, 4.69) is 17.9 Å². The minimum absolute atomic E-state index is 0.297. The van der Waals surface area contributed by atoms with Crippen molar-refractivity contribution >= 4 is 23.2 Å². The highest BCUT2D eigenvalue weighted by molar-refractivity contribution is 6.32. The Bertz CT molecular complexity index is 578. The van der Waals surface area contributed by atoms with Gasteiger partial charge in [0.15, 0.2) is 0 Å². The fourth-order valence-electron chi connectivity index (χ4n) is 2.61. The first-order chi connectivity index (χ1) is 10.6. The van der Waals surface area contributed by atoms with Gasteiger partial charge in [-0.05, 0) is 43.4 Å². The number of amides is 1. The second kappa shape index (κ2) is 7.51. The van der Waals surface area contributed by atoms with Gasteiger partial charge in [0, 0.05) is 12.2 Å². The summed E-state index contributed by atoms with van der Waals surface area (Å²) in [5.74, 6) is 0.326. The predicted molar refractivity (Wildman–Crippen MR) is 88.7 cm³/mol. The average molecular weight is 320 g/mol. The van der Waals surface area contributed by atoms with E-state index >= 15 is 0 Å². The number of unbranched alkanes of at least 4 members (excludes halogenated alkanes) is 1. The number of nitriles is 1. The number of carbonyl (C=O) groups is 1. The fraction of sp³-hybridized carbons (Fsp3) is 0.529. The van der Waals surface area contributed by atoms with Gasteiger partial charge in [-0.3, -0.25) is 4.79 Å². The third-order valence-corrected chi connectivity index (χ3v) is 4.41. The maximum absolute atomic E-state index is 11.9. The standard InChI is InChI=1S/C17H22ClN3O/c1-2-3-4-16(17(20)22)21(11-12-5-6-12)14-8-7-13(10-19)15(18)9-14/h7-9,12,16H,2-6,11H2,1H3,(H2,20,22). The number of rotatable bonds is 8. The van der Waals surface area contributed by atoms with Crippen LogP contribution in [0.25, 0.3) is 0 Å². The molecule has 1 unspecified atom stereocenters. The molecule has 22 heavy (non-hydrogen) atoms. The van der Waals surface area contributed by atoms with Crippen molar-refractivity contribution in [2.75, 3.05) is 11.4 Å². The third-order valence-electron chi connectivity index (χ3n) is 4.09. The van der Waals surface area contributed by atoms with Gasteiger partial charge in [-0.25, -0.2) is 0 Å². The van der Waals surface area contributed by atoms with Crippen molar-refractivity contribution in [1.82, 2.24) is 0 Å². The molecule has 1 fully saturated rings. The van der Waals surface area contributed by atoms with Crippen LogP contribution in [-0.2, 0) is 4.79 Å². The highest BCUT2D eigenvalue weighted by Gasteiger charge is 2.30. The van der Waals surface area contributed by atoms with Crippen molar-refractivity contribution in [3.63, 3.8) is 0 Å². The van der Waals surface area contributed by atoms with Crippen molar-refractivity contribution in [2.45, 2.75) is 45.1 Å². The summed E-state index contributed by atoms with van der Waals surface area (Å²) in [4.78, 5) is 14.0. The van der Waals surface area contributed by atoms with Gasteiger partial charge in [0.05, 0.1) is 10.6 Å². The second-order valence-corrected chi connectivity index (χ2v) is 6.34. The van der Waals surface area contributed by atoms with E-state index < -0.39 is 0 Å². The number of anilines is 1. The molecule has 2 rings (SSSR count). The molecule has 4 nitrogen and oxygen atoms in total. The number of hydrogen-bond acceptors (Lipinski definition) is 3. The summed E-state index contributed by atoms with van der Waals surface area (Å²) in [6, 6.07) is 7.07. The summed E-state index contributed by atoms with van der Waals surface area (Å²) in [6.07, 6.45) is 5.11. The number of primary amides is 1. The van der Waals surface area contributed by atoms with Gasteiger partial charge in [0.1, 0.15) is 12.1 Å². The monoisotopic (exact) mass is 319 g/mol. The van der Waals surface area contributed by atoms with Crippen LogP contribution in [0.2, 0.25) is 5.02 Å². The molecule has 0 spiro atoms. The van der Waals surface area contributed by atoms with Crippen LogP contribution in [0.5, 0.6) is 0 Å². The Morgan fingerprint density at radius 1 is 1.55 bits per heavy atom. The van der Waals surface area contributed by atoms with Gasteiger partial charge in [0.25, 0.3) is 0 Å². The molecule has 1 aliphatic rings. The molecular formula is C17H22ClN3O. The van der Waals surface area contributed by atoms with Crippen LogP contribution in [0.15, 0.2) is 18.2 Å². The number of halogens is 1. The Morgan fingerprint density at radius 3 is 2.77 bits per heavy atom. The first kappa shape index (κ1) is 16.6. The van der Waals surface area contributed by atoms with Crippen molar-refractivity contribution in [2.24, 2.45) is 11.7 Å². The van der Waals surface area contributed by atoms with Crippen molar-refractivity contribution < 1.29 is 4.79 Å². The second-order valence-electron chi connectivity index (χ2n) is 5.93. The van der Waals surface area contributed by atoms with Crippen LogP contribution in [0.1, 0.15) is 44.6 Å². The van der Waals surface area contributed by atoms with E-state index in [4.69, 9.17) is 22.6 Å². The summed E-state index contributed by atoms with van der Waals surface area (Å²) in [6.45, 7) is 2.92. The maximum atomic E-state index is 11.9. The largest absolute Gasteiger partial charge is 0.368 e. The summed E-state index contributed by atoms with van der Waals surface area (Å²) in [5.41, 5.74) is 6.96. The van der Waals surface area contributed by atoms with E-state index in [1.54, 1.807) is 12.1 Å². The normalized spacial score (nSPS) is 15.1. The molecule has 0 bridgehead atoms. The van der Waals surface area contributed by atoms with Crippen LogP contribution in [-0.4, -0.2) is 18.5 Å². The highest BCUT2D eigenvalue weighted by atomic mass is 35.5. The van der Waals surface area contributed by atoms with E-state index in [-0.39, 0.29) is 11.9 Å². The summed E-state index contributed by atoms with van der Waals surface area (Å²) in [7, 11) is 0. The lowest BCUT2D eigenvalue weighted by Gasteiger charge is -2.32. The molecule has 1 saturated carbocycles. The van der Waals surface area contributed by atoms with Gasteiger partial charge in [0.2, 0.25) is 5.91 Å². The zero-order valence-electron chi connectivity index (χ0n) is 12.9. The fourth-order valence-corrected chi connectivity index (χ4v) is 2.83. The molecule has 0 saturated heterocycles. The topological polar surface area (TPSA) is 70.1 Å². The van der Waals surface area contributed by atoms with E-state index in [0.717, 1.165) is 31.5 Å². The lowest BCUT2D eigenvalue weighted by Crippen LogP contribution is -2.46. The Labute approximate surface area is 136 Å². The van der Waals surface area contributed by atoms with E-state index in [9.17, 15) is 4.79 Å². The summed E-state index contributed by atoms with van der Waals surface area (Å²) < 4.78 is 0. The first-order valence-corrected chi connectivity index (χ1v) is 8.20. The van der Waals surface area contributed by atoms with Crippen LogP contribution in [0.4, 0.5) is 5.69 Å². The molecule has 0 aliphatic heterocycles. The zero-order valence-corrected chi connectivity index (χ0v) is 13.6. The van der Waals surface area contributed by atoms with Gasteiger partial charge in [-0.15, -0.1) is 0 Å². The number of hydrogen-bond donors (Lipinski definition) is 1.